The lowest BCUT2D eigenvalue weighted by atomic mass is 10.1. The van der Waals surface area contributed by atoms with Crippen LogP contribution < -0.4 is 4.74 Å². The Morgan fingerprint density at radius 2 is 1.61 bits per heavy atom. The summed E-state index contributed by atoms with van der Waals surface area (Å²) in [4.78, 5) is 5.97. The first kappa shape index (κ1) is 15.9. The molecular formula is C20H26N2O. The third-order valence-electron chi connectivity index (χ3n) is 4.25. The van der Waals surface area contributed by atoms with Gasteiger partial charge in [0.2, 0.25) is 0 Å². The molecule has 1 heterocycles. The molecule has 3 rings (SSSR count). The van der Waals surface area contributed by atoms with Crippen LogP contribution in [-0.4, -0.2) is 36.1 Å². The van der Waals surface area contributed by atoms with E-state index < -0.39 is 0 Å². The van der Waals surface area contributed by atoms with Crippen molar-refractivity contribution in [3.63, 3.8) is 0 Å². The second-order valence-electron chi connectivity index (χ2n) is 6.04. The standard InChI is InChI=1S/C20H26N2O/c1-3-12-22(13-4-2)14-15-23-19-11-7-9-17-16-8-5-6-10-18(16)21-20(17)19/h5-11,21H,3-4,12-15H2,1-2H3. The fourth-order valence-corrected chi connectivity index (χ4v) is 3.22. The SMILES string of the molecule is CCCN(CCC)CCOc1cccc2c1[nH]c1ccccc12. The van der Waals surface area contributed by atoms with Crippen molar-refractivity contribution in [3.8, 4) is 5.75 Å². The molecule has 0 amide bonds. The van der Waals surface area contributed by atoms with Gasteiger partial charge >= 0.3 is 0 Å². The quantitative estimate of drug-likeness (QED) is 0.646. The molecule has 122 valence electrons. The van der Waals surface area contributed by atoms with E-state index in [0.29, 0.717) is 0 Å². The highest BCUT2D eigenvalue weighted by atomic mass is 16.5. The summed E-state index contributed by atoms with van der Waals surface area (Å²) in [7, 11) is 0. The average molecular weight is 310 g/mol. The molecular weight excluding hydrogens is 284 g/mol. The largest absolute Gasteiger partial charge is 0.490 e. The lowest BCUT2D eigenvalue weighted by Crippen LogP contribution is -2.30. The van der Waals surface area contributed by atoms with Crippen molar-refractivity contribution >= 4 is 21.8 Å². The zero-order chi connectivity index (χ0) is 16.1. The number of ether oxygens (including phenoxy) is 1. The van der Waals surface area contributed by atoms with Crippen LogP contribution in [0.4, 0.5) is 0 Å². The predicted octanol–water partition coefficient (Wildman–Crippen LogP) is 4.82. The molecule has 0 spiro atoms. The van der Waals surface area contributed by atoms with Crippen molar-refractivity contribution in [3.05, 3.63) is 42.5 Å². The molecule has 3 aromatic rings. The Hall–Kier alpha value is -2.00. The minimum Gasteiger partial charge on any atom is -0.490 e. The molecule has 0 fully saturated rings. The van der Waals surface area contributed by atoms with E-state index in [1.807, 2.05) is 0 Å². The van der Waals surface area contributed by atoms with Crippen LogP contribution in [0.3, 0.4) is 0 Å². The molecule has 1 aromatic heterocycles. The molecule has 0 atom stereocenters. The third-order valence-corrected chi connectivity index (χ3v) is 4.25. The van der Waals surface area contributed by atoms with Gasteiger partial charge in [-0.3, -0.25) is 4.90 Å². The topological polar surface area (TPSA) is 28.3 Å². The zero-order valence-corrected chi connectivity index (χ0v) is 14.1. The van der Waals surface area contributed by atoms with Gasteiger partial charge in [0, 0.05) is 22.8 Å². The van der Waals surface area contributed by atoms with E-state index in [0.717, 1.165) is 43.0 Å². The highest BCUT2D eigenvalue weighted by Crippen LogP contribution is 2.31. The number of hydrogen-bond acceptors (Lipinski definition) is 2. The number of fused-ring (bicyclic) bond motifs is 3. The Kier molecular flexibility index (Phi) is 5.19. The average Bonchev–Trinajstić information content (AvgIpc) is 2.95. The maximum Gasteiger partial charge on any atom is 0.143 e. The summed E-state index contributed by atoms with van der Waals surface area (Å²) in [6.45, 7) is 8.47. The summed E-state index contributed by atoms with van der Waals surface area (Å²) in [6, 6.07) is 14.7. The van der Waals surface area contributed by atoms with Crippen LogP contribution in [0.15, 0.2) is 42.5 Å². The first-order valence-electron chi connectivity index (χ1n) is 8.68. The van der Waals surface area contributed by atoms with Crippen molar-refractivity contribution in [2.75, 3.05) is 26.2 Å². The highest BCUT2D eigenvalue weighted by Gasteiger charge is 2.09. The van der Waals surface area contributed by atoms with Crippen LogP contribution in [0, 0.1) is 0 Å². The fourth-order valence-electron chi connectivity index (χ4n) is 3.22. The molecule has 3 heteroatoms. The van der Waals surface area contributed by atoms with Gasteiger partial charge in [-0.05, 0) is 38.1 Å². The Balaban J connectivity index is 1.75. The van der Waals surface area contributed by atoms with E-state index in [2.05, 4.69) is 66.2 Å². The first-order valence-corrected chi connectivity index (χ1v) is 8.68. The van der Waals surface area contributed by atoms with E-state index in [1.165, 1.54) is 23.6 Å². The molecule has 2 aromatic carbocycles. The maximum atomic E-state index is 6.10. The van der Waals surface area contributed by atoms with Crippen LogP contribution in [-0.2, 0) is 0 Å². The summed E-state index contributed by atoms with van der Waals surface area (Å²) < 4.78 is 6.10. The molecule has 0 aliphatic carbocycles. The number of H-pyrrole nitrogens is 1. The Morgan fingerprint density at radius 1 is 0.870 bits per heavy atom. The van der Waals surface area contributed by atoms with Gasteiger partial charge in [-0.25, -0.2) is 0 Å². The summed E-state index contributed by atoms with van der Waals surface area (Å²) >= 11 is 0. The minimum atomic E-state index is 0.731. The number of nitrogens with zero attached hydrogens (tertiary/aromatic N) is 1. The predicted molar refractivity (Wildman–Crippen MR) is 98.3 cm³/mol. The van der Waals surface area contributed by atoms with Crippen molar-refractivity contribution in [1.29, 1.82) is 0 Å². The number of para-hydroxylation sites is 2. The number of aromatic amines is 1. The maximum absolute atomic E-state index is 6.10. The summed E-state index contributed by atoms with van der Waals surface area (Å²) in [5.41, 5.74) is 2.27. The van der Waals surface area contributed by atoms with Gasteiger partial charge in [-0.15, -0.1) is 0 Å². The number of aromatic nitrogens is 1. The summed E-state index contributed by atoms with van der Waals surface area (Å²) in [5.74, 6) is 0.951. The minimum absolute atomic E-state index is 0.731. The zero-order valence-electron chi connectivity index (χ0n) is 14.1. The van der Waals surface area contributed by atoms with E-state index in [1.54, 1.807) is 0 Å². The van der Waals surface area contributed by atoms with Crippen molar-refractivity contribution in [2.45, 2.75) is 26.7 Å². The van der Waals surface area contributed by atoms with E-state index in [-0.39, 0.29) is 0 Å². The van der Waals surface area contributed by atoms with Crippen LogP contribution in [0.1, 0.15) is 26.7 Å². The molecule has 0 saturated heterocycles. The molecule has 0 unspecified atom stereocenters. The van der Waals surface area contributed by atoms with Crippen LogP contribution in [0.25, 0.3) is 21.8 Å². The van der Waals surface area contributed by atoms with E-state index in [9.17, 15) is 0 Å². The van der Waals surface area contributed by atoms with Crippen molar-refractivity contribution in [1.82, 2.24) is 9.88 Å². The normalized spacial score (nSPS) is 11.6. The Morgan fingerprint density at radius 3 is 2.39 bits per heavy atom. The number of benzene rings is 2. The molecule has 23 heavy (non-hydrogen) atoms. The van der Waals surface area contributed by atoms with E-state index in [4.69, 9.17) is 4.74 Å². The molecule has 0 aliphatic heterocycles. The smallest absolute Gasteiger partial charge is 0.143 e. The lowest BCUT2D eigenvalue weighted by molar-refractivity contribution is 0.210. The number of rotatable bonds is 8. The van der Waals surface area contributed by atoms with Crippen molar-refractivity contribution < 1.29 is 4.74 Å². The second-order valence-corrected chi connectivity index (χ2v) is 6.04. The van der Waals surface area contributed by atoms with Gasteiger partial charge in [0.15, 0.2) is 0 Å². The molecule has 0 saturated carbocycles. The number of nitrogens with one attached hydrogen (secondary N) is 1. The van der Waals surface area contributed by atoms with Gasteiger partial charge < -0.3 is 9.72 Å². The monoisotopic (exact) mass is 310 g/mol. The van der Waals surface area contributed by atoms with E-state index >= 15 is 0 Å². The van der Waals surface area contributed by atoms with Gasteiger partial charge in [0.25, 0.3) is 0 Å². The molecule has 0 radical (unpaired) electrons. The van der Waals surface area contributed by atoms with Gasteiger partial charge in [0.05, 0.1) is 5.52 Å². The molecule has 0 aliphatic rings. The number of hydrogen-bond donors (Lipinski definition) is 1. The van der Waals surface area contributed by atoms with Crippen molar-refractivity contribution in [2.24, 2.45) is 0 Å². The Labute approximate surface area is 138 Å². The second kappa shape index (κ2) is 7.51. The van der Waals surface area contributed by atoms with Gasteiger partial charge in [-0.1, -0.05) is 44.2 Å². The van der Waals surface area contributed by atoms with Gasteiger partial charge in [-0.2, -0.15) is 0 Å². The van der Waals surface area contributed by atoms with Gasteiger partial charge in [0.1, 0.15) is 12.4 Å². The summed E-state index contributed by atoms with van der Waals surface area (Å²) in [5, 5.41) is 2.49. The fraction of sp³-hybridized carbons (Fsp3) is 0.400. The first-order chi connectivity index (χ1) is 11.3. The Bertz CT molecular complexity index is 757. The molecule has 1 N–H and O–H groups in total. The highest BCUT2D eigenvalue weighted by molar-refractivity contribution is 6.09. The van der Waals surface area contributed by atoms with Crippen LogP contribution >= 0.6 is 0 Å². The molecule has 0 bridgehead atoms. The molecule has 3 nitrogen and oxygen atoms in total. The summed E-state index contributed by atoms with van der Waals surface area (Å²) in [6.07, 6.45) is 2.38. The van der Waals surface area contributed by atoms with Crippen LogP contribution in [0.5, 0.6) is 5.75 Å². The van der Waals surface area contributed by atoms with Crippen LogP contribution in [0.2, 0.25) is 0 Å². The third kappa shape index (κ3) is 3.50. The lowest BCUT2D eigenvalue weighted by Gasteiger charge is -2.21.